The zero-order valence-corrected chi connectivity index (χ0v) is 13.6. The van der Waals surface area contributed by atoms with Crippen LogP contribution in [0.15, 0.2) is 24.3 Å². The molecule has 1 heterocycles. The minimum absolute atomic E-state index is 0.264. The van der Waals surface area contributed by atoms with Gasteiger partial charge in [-0.15, -0.1) is 0 Å². The van der Waals surface area contributed by atoms with E-state index in [1.54, 1.807) is 0 Å². The number of anilines is 1. The van der Waals surface area contributed by atoms with Crippen molar-refractivity contribution < 1.29 is 0 Å². The summed E-state index contributed by atoms with van der Waals surface area (Å²) >= 11 is 6.10. The van der Waals surface area contributed by atoms with Crippen molar-refractivity contribution >= 4 is 17.3 Å². The third-order valence-electron chi connectivity index (χ3n) is 5.33. The van der Waals surface area contributed by atoms with Gasteiger partial charge in [-0.3, -0.25) is 4.90 Å². The summed E-state index contributed by atoms with van der Waals surface area (Å²) < 4.78 is 0. The van der Waals surface area contributed by atoms with Gasteiger partial charge >= 0.3 is 0 Å². The average Bonchev–Trinajstić information content (AvgIpc) is 2.90. The van der Waals surface area contributed by atoms with Crippen LogP contribution in [0.3, 0.4) is 0 Å². The highest BCUT2D eigenvalue weighted by molar-refractivity contribution is 6.30. The lowest BCUT2D eigenvalue weighted by atomic mass is 9.93. The Morgan fingerprint density at radius 2 is 2.05 bits per heavy atom. The quantitative estimate of drug-likeness (QED) is 0.932. The van der Waals surface area contributed by atoms with Gasteiger partial charge in [-0.1, -0.05) is 24.6 Å². The first-order valence-electron chi connectivity index (χ1n) is 8.09. The second kappa shape index (κ2) is 6.15. The van der Waals surface area contributed by atoms with Gasteiger partial charge < -0.3 is 10.6 Å². The molecule has 0 aromatic heterocycles. The molecule has 1 aliphatic heterocycles. The van der Waals surface area contributed by atoms with E-state index >= 15 is 0 Å². The average molecular weight is 308 g/mol. The minimum atomic E-state index is 0.264. The van der Waals surface area contributed by atoms with Crippen molar-refractivity contribution in [3.8, 4) is 0 Å². The van der Waals surface area contributed by atoms with E-state index in [9.17, 15) is 0 Å². The highest BCUT2D eigenvalue weighted by Gasteiger charge is 2.42. The van der Waals surface area contributed by atoms with Gasteiger partial charge in [-0.2, -0.15) is 0 Å². The minimum Gasteiger partial charge on any atom is -0.369 e. The maximum absolute atomic E-state index is 6.15. The van der Waals surface area contributed by atoms with Crippen LogP contribution in [0.1, 0.15) is 26.2 Å². The third kappa shape index (κ3) is 3.05. The van der Waals surface area contributed by atoms with Crippen LogP contribution in [0.5, 0.6) is 0 Å². The van der Waals surface area contributed by atoms with Crippen molar-refractivity contribution in [2.75, 3.05) is 37.6 Å². The number of piperazine rings is 1. The lowest BCUT2D eigenvalue weighted by Gasteiger charge is -2.46. The molecule has 2 fully saturated rings. The molecule has 2 atom stereocenters. The van der Waals surface area contributed by atoms with Crippen LogP contribution in [0, 0.1) is 5.92 Å². The number of rotatable bonds is 3. The van der Waals surface area contributed by atoms with Crippen molar-refractivity contribution in [1.82, 2.24) is 4.90 Å². The SMILES string of the molecule is CC1CCC(CN)(N2CCN(c3cccc(Cl)c3)CC2)C1. The number of nitrogens with zero attached hydrogens (tertiary/aromatic N) is 2. The van der Waals surface area contributed by atoms with Crippen molar-refractivity contribution in [2.24, 2.45) is 11.7 Å². The second-order valence-electron chi connectivity index (χ2n) is 6.73. The predicted octanol–water partition coefficient (Wildman–Crippen LogP) is 2.98. The Balaban J connectivity index is 1.65. The molecule has 3 nitrogen and oxygen atoms in total. The molecule has 2 N–H and O–H groups in total. The summed E-state index contributed by atoms with van der Waals surface area (Å²) in [7, 11) is 0. The van der Waals surface area contributed by atoms with Crippen LogP contribution in [-0.4, -0.2) is 43.2 Å². The van der Waals surface area contributed by atoms with E-state index in [0.29, 0.717) is 0 Å². The molecule has 1 saturated carbocycles. The molecule has 2 aliphatic rings. The fraction of sp³-hybridized carbons (Fsp3) is 0.647. The summed E-state index contributed by atoms with van der Waals surface area (Å²) in [5.41, 5.74) is 7.66. The molecule has 0 radical (unpaired) electrons. The van der Waals surface area contributed by atoms with Crippen molar-refractivity contribution in [3.05, 3.63) is 29.3 Å². The van der Waals surface area contributed by atoms with Gasteiger partial charge in [0.25, 0.3) is 0 Å². The monoisotopic (exact) mass is 307 g/mol. The molecular weight excluding hydrogens is 282 g/mol. The number of halogens is 1. The number of nitrogens with two attached hydrogens (primary N) is 1. The van der Waals surface area contributed by atoms with E-state index in [1.165, 1.54) is 24.9 Å². The van der Waals surface area contributed by atoms with Crippen LogP contribution in [0.2, 0.25) is 5.02 Å². The highest BCUT2D eigenvalue weighted by atomic mass is 35.5. The van der Waals surface area contributed by atoms with E-state index in [1.807, 2.05) is 12.1 Å². The molecule has 2 unspecified atom stereocenters. The second-order valence-corrected chi connectivity index (χ2v) is 7.17. The Bertz CT molecular complexity index is 485. The fourth-order valence-electron chi connectivity index (χ4n) is 4.08. The molecule has 1 aromatic rings. The summed E-state index contributed by atoms with van der Waals surface area (Å²) in [4.78, 5) is 5.09. The zero-order valence-electron chi connectivity index (χ0n) is 12.9. The van der Waals surface area contributed by atoms with Gasteiger partial charge in [-0.25, -0.2) is 0 Å². The van der Waals surface area contributed by atoms with Gasteiger partial charge in [-0.05, 0) is 43.4 Å². The maximum atomic E-state index is 6.15. The molecule has 1 aromatic carbocycles. The summed E-state index contributed by atoms with van der Waals surface area (Å²) in [6, 6.07) is 8.18. The van der Waals surface area contributed by atoms with Gasteiger partial charge in [0.15, 0.2) is 0 Å². The lowest BCUT2D eigenvalue weighted by Crippen LogP contribution is -2.59. The summed E-state index contributed by atoms with van der Waals surface area (Å²) in [6.45, 7) is 7.51. The predicted molar refractivity (Wildman–Crippen MR) is 90.0 cm³/mol. The van der Waals surface area contributed by atoms with E-state index in [-0.39, 0.29) is 5.54 Å². The molecule has 4 heteroatoms. The maximum Gasteiger partial charge on any atom is 0.0426 e. The molecule has 116 valence electrons. The van der Waals surface area contributed by atoms with Crippen LogP contribution in [0.4, 0.5) is 5.69 Å². The van der Waals surface area contributed by atoms with Crippen LogP contribution in [-0.2, 0) is 0 Å². The lowest BCUT2D eigenvalue weighted by molar-refractivity contribution is 0.0888. The molecule has 0 bridgehead atoms. The van der Waals surface area contributed by atoms with E-state index in [0.717, 1.165) is 43.7 Å². The molecule has 0 spiro atoms. The smallest absolute Gasteiger partial charge is 0.0426 e. The van der Waals surface area contributed by atoms with Crippen molar-refractivity contribution in [1.29, 1.82) is 0 Å². The van der Waals surface area contributed by atoms with Crippen LogP contribution < -0.4 is 10.6 Å². The van der Waals surface area contributed by atoms with Crippen molar-refractivity contribution in [2.45, 2.75) is 31.7 Å². The fourth-order valence-corrected chi connectivity index (χ4v) is 4.27. The molecule has 1 saturated heterocycles. The van der Waals surface area contributed by atoms with Crippen LogP contribution in [0.25, 0.3) is 0 Å². The Morgan fingerprint density at radius 3 is 2.62 bits per heavy atom. The standard InChI is InChI=1S/C17H26ClN3/c1-14-5-6-17(12-14,13-19)21-9-7-20(8-10-21)16-4-2-3-15(18)11-16/h2-4,11,14H,5-10,12-13,19H2,1H3. The van der Waals surface area contributed by atoms with Gasteiger partial charge in [0.1, 0.15) is 0 Å². The highest BCUT2D eigenvalue weighted by Crippen LogP contribution is 2.39. The zero-order chi connectivity index (χ0) is 14.9. The number of hydrogen-bond donors (Lipinski definition) is 1. The van der Waals surface area contributed by atoms with E-state index < -0.39 is 0 Å². The first-order chi connectivity index (χ1) is 10.1. The topological polar surface area (TPSA) is 32.5 Å². The molecular formula is C17H26ClN3. The van der Waals surface area contributed by atoms with Gasteiger partial charge in [0, 0.05) is 49.0 Å². The summed E-state index contributed by atoms with van der Waals surface area (Å²) in [5, 5.41) is 0.818. The van der Waals surface area contributed by atoms with Gasteiger partial charge in [0.2, 0.25) is 0 Å². The first kappa shape index (κ1) is 15.1. The molecule has 1 aliphatic carbocycles. The number of benzene rings is 1. The Kier molecular flexibility index (Phi) is 4.43. The third-order valence-corrected chi connectivity index (χ3v) is 5.57. The number of hydrogen-bond acceptors (Lipinski definition) is 3. The van der Waals surface area contributed by atoms with E-state index in [2.05, 4.69) is 28.9 Å². The van der Waals surface area contributed by atoms with E-state index in [4.69, 9.17) is 17.3 Å². The largest absolute Gasteiger partial charge is 0.369 e. The first-order valence-corrected chi connectivity index (χ1v) is 8.46. The summed E-state index contributed by atoms with van der Waals surface area (Å²) in [6.07, 6.45) is 3.86. The molecule has 0 amide bonds. The Hall–Kier alpha value is -0.770. The summed E-state index contributed by atoms with van der Waals surface area (Å²) in [5.74, 6) is 0.819. The normalized spacial score (nSPS) is 30.8. The Morgan fingerprint density at radius 1 is 1.29 bits per heavy atom. The van der Waals surface area contributed by atoms with Crippen LogP contribution >= 0.6 is 11.6 Å². The van der Waals surface area contributed by atoms with Crippen molar-refractivity contribution in [3.63, 3.8) is 0 Å². The molecule has 21 heavy (non-hydrogen) atoms. The Labute approximate surface area is 133 Å². The van der Waals surface area contributed by atoms with Gasteiger partial charge in [0.05, 0.1) is 0 Å². The molecule has 3 rings (SSSR count).